The number of hydrogen-bond donors (Lipinski definition) is 0. The SMILES string of the molecule is CC(=CCC(F)(C(F)(F)F)C(F)(F)F)C(=O)[O-]. The van der Waals surface area contributed by atoms with E-state index in [1.165, 1.54) is 0 Å². The summed E-state index contributed by atoms with van der Waals surface area (Å²) < 4.78 is 84.7. The molecule has 0 aromatic heterocycles. The van der Waals surface area contributed by atoms with Gasteiger partial charge in [-0.05, 0) is 12.5 Å². The van der Waals surface area contributed by atoms with Crippen molar-refractivity contribution in [3.8, 4) is 0 Å². The van der Waals surface area contributed by atoms with E-state index in [-0.39, 0.29) is 6.08 Å². The molecular weight excluding hydrogens is 261 g/mol. The minimum Gasteiger partial charge on any atom is -0.545 e. The number of allylic oxidation sites excluding steroid dienone is 1. The molecule has 0 atom stereocenters. The molecule has 0 amide bonds. The highest BCUT2D eigenvalue weighted by atomic mass is 19.4. The number of carboxylic acid groups (broad SMARTS) is 1. The summed E-state index contributed by atoms with van der Waals surface area (Å²) in [6.45, 7) is 0.697. The lowest BCUT2D eigenvalue weighted by Gasteiger charge is -2.29. The van der Waals surface area contributed by atoms with Crippen molar-refractivity contribution in [2.24, 2.45) is 0 Å². The van der Waals surface area contributed by atoms with Crippen molar-refractivity contribution in [2.45, 2.75) is 31.4 Å². The van der Waals surface area contributed by atoms with Crippen LogP contribution < -0.4 is 5.11 Å². The van der Waals surface area contributed by atoms with E-state index in [4.69, 9.17) is 0 Å². The van der Waals surface area contributed by atoms with E-state index in [0.717, 1.165) is 0 Å². The van der Waals surface area contributed by atoms with Gasteiger partial charge in [-0.2, -0.15) is 26.3 Å². The summed E-state index contributed by atoms with van der Waals surface area (Å²) in [5, 5.41) is 10.1. The van der Waals surface area contributed by atoms with Crippen molar-refractivity contribution in [1.29, 1.82) is 0 Å². The van der Waals surface area contributed by atoms with Gasteiger partial charge in [-0.15, -0.1) is 0 Å². The number of alkyl halides is 7. The molecule has 0 aromatic carbocycles. The second-order valence-corrected chi connectivity index (χ2v) is 3.18. The second-order valence-electron chi connectivity index (χ2n) is 3.18. The molecule has 0 bridgehead atoms. The molecule has 0 fully saturated rings. The van der Waals surface area contributed by atoms with E-state index in [1.54, 1.807) is 0 Å². The number of carboxylic acids is 1. The fourth-order valence-electron chi connectivity index (χ4n) is 0.769. The van der Waals surface area contributed by atoms with Crippen LogP contribution in [0.3, 0.4) is 0 Å². The highest BCUT2D eigenvalue weighted by Gasteiger charge is 2.71. The molecule has 0 radical (unpaired) electrons. The summed E-state index contributed by atoms with van der Waals surface area (Å²) in [7, 11) is 0. The quantitative estimate of drug-likeness (QED) is 0.578. The molecule has 0 unspecified atom stereocenters. The lowest BCUT2D eigenvalue weighted by Crippen LogP contribution is -2.52. The lowest BCUT2D eigenvalue weighted by molar-refractivity contribution is -0.340. The molecule has 17 heavy (non-hydrogen) atoms. The van der Waals surface area contributed by atoms with Crippen molar-refractivity contribution < 1.29 is 40.6 Å². The van der Waals surface area contributed by atoms with Gasteiger partial charge >= 0.3 is 18.0 Å². The van der Waals surface area contributed by atoms with Crippen molar-refractivity contribution in [2.75, 3.05) is 0 Å². The smallest absolute Gasteiger partial charge is 0.431 e. The summed E-state index contributed by atoms with van der Waals surface area (Å²) in [5.74, 6) is -1.98. The fourth-order valence-corrected chi connectivity index (χ4v) is 0.769. The zero-order valence-electron chi connectivity index (χ0n) is 8.25. The van der Waals surface area contributed by atoms with Gasteiger partial charge in [0, 0.05) is 6.42 Å². The molecule has 0 heterocycles. The molecule has 9 heteroatoms. The first-order chi connectivity index (χ1) is 7.33. The van der Waals surface area contributed by atoms with Crippen LogP contribution >= 0.6 is 0 Å². The van der Waals surface area contributed by atoms with E-state index in [9.17, 15) is 40.6 Å². The molecule has 2 nitrogen and oxygen atoms in total. The largest absolute Gasteiger partial charge is 0.545 e. The Bertz CT molecular complexity index is 312. The molecule has 0 aliphatic carbocycles. The Morgan fingerprint density at radius 1 is 1.06 bits per heavy atom. The average Bonchev–Trinajstić information content (AvgIpc) is 2.09. The van der Waals surface area contributed by atoms with Gasteiger partial charge in [-0.1, -0.05) is 6.08 Å². The predicted molar refractivity (Wildman–Crippen MR) is 39.3 cm³/mol. The van der Waals surface area contributed by atoms with Gasteiger partial charge in [0.2, 0.25) is 0 Å². The molecule has 0 aliphatic heterocycles. The number of halogens is 7. The van der Waals surface area contributed by atoms with Crippen LogP contribution in [0, 0.1) is 0 Å². The van der Waals surface area contributed by atoms with Crippen molar-refractivity contribution in [3.63, 3.8) is 0 Å². The van der Waals surface area contributed by atoms with Crippen LogP contribution in [0.1, 0.15) is 13.3 Å². The number of rotatable bonds is 3. The average molecular weight is 267 g/mol. The van der Waals surface area contributed by atoms with Gasteiger partial charge in [-0.25, -0.2) is 4.39 Å². The van der Waals surface area contributed by atoms with Crippen LogP contribution in [0.4, 0.5) is 30.7 Å². The molecule has 0 spiro atoms. The molecular formula is C8H6F7O2-. The van der Waals surface area contributed by atoms with Gasteiger partial charge in [0.1, 0.15) is 0 Å². The van der Waals surface area contributed by atoms with E-state index in [0.29, 0.717) is 6.92 Å². The van der Waals surface area contributed by atoms with E-state index >= 15 is 0 Å². The molecule has 0 saturated heterocycles. The van der Waals surface area contributed by atoms with Crippen LogP contribution in [0.2, 0.25) is 0 Å². The Morgan fingerprint density at radius 2 is 1.41 bits per heavy atom. The summed E-state index contributed by atoms with van der Waals surface area (Å²) in [6.07, 6.45) is -14.6. The summed E-state index contributed by atoms with van der Waals surface area (Å²) in [6, 6.07) is 0. The minimum absolute atomic E-state index is 0.0175. The topological polar surface area (TPSA) is 40.1 Å². The van der Waals surface area contributed by atoms with Crippen LogP contribution in [0.25, 0.3) is 0 Å². The van der Waals surface area contributed by atoms with Crippen molar-refractivity contribution >= 4 is 5.97 Å². The summed E-state index contributed by atoms with van der Waals surface area (Å²) in [4.78, 5) is 10.1. The van der Waals surface area contributed by atoms with Crippen LogP contribution in [0.15, 0.2) is 11.6 Å². The van der Waals surface area contributed by atoms with Crippen LogP contribution in [0.5, 0.6) is 0 Å². The lowest BCUT2D eigenvalue weighted by atomic mass is 9.99. The first-order valence-corrected chi connectivity index (χ1v) is 4.03. The van der Waals surface area contributed by atoms with Crippen molar-refractivity contribution in [1.82, 2.24) is 0 Å². The zero-order valence-corrected chi connectivity index (χ0v) is 8.25. The Hall–Kier alpha value is -1.28. The van der Waals surface area contributed by atoms with Gasteiger partial charge < -0.3 is 9.90 Å². The number of carbonyl (C=O) groups excluding carboxylic acids is 1. The second kappa shape index (κ2) is 4.53. The predicted octanol–water partition coefficient (Wildman–Crippen LogP) is 1.91. The third-order valence-electron chi connectivity index (χ3n) is 1.91. The maximum atomic E-state index is 12.9. The first kappa shape index (κ1) is 15.7. The Kier molecular flexibility index (Phi) is 4.19. The van der Waals surface area contributed by atoms with Gasteiger partial charge in [-0.3, -0.25) is 0 Å². The molecule has 100 valence electrons. The zero-order chi connectivity index (χ0) is 14.1. The molecule has 0 aromatic rings. The minimum atomic E-state index is -6.19. The van der Waals surface area contributed by atoms with Crippen LogP contribution in [-0.4, -0.2) is 24.0 Å². The number of aliphatic carboxylic acids is 1. The van der Waals surface area contributed by atoms with Gasteiger partial charge in [0.25, 0.3) is 0 Å². The fraction of sp³-hybridized carbons (Fsp3) is 0.625. The maximum Gasteiger partial charge on any atom is 0.431 e. The normalized spacial score (nSPS) is 14.9. The molecule has 0 rings (SSSR count). The van der Waals surface area contributed by atoms with E-state index < -0.39 is 36.0 Å². The van der Waals surface area contributed by atoms with E-state index in [1.807, 2.05) is 0 Å². The summed E-state index contributed by atoms with van der Waals surface area (Å²) >= 11 is 0. The Labute approximate surface area is 90.7 Å². The standard InChI is InChI=1S/C8H7F7O2/c1-4(5(16)17)2-3-6(9,7(10,11)12)8(13,14)15/h2H,3H2,1H3,(H,16,17)/p-1. The van der Waals surface area contributed by atoms with Gasteiger partial charge in [0.05, 0.1) is 5.97 Å². The highest BCUT2D eigenvalue weighted by Crippen LogP contribution is 2.48. The molecule has 0 aliphatic rings. The third-order valence-corrected chi connectivity index (χ3v) is 1.91. The number of carbonyl (C=O) groups is 1. The number of hydrogen-bond acceptors (Lipinski definition) is 2. The third kappa shape index (κ3) is 3.34. The molecule has 0 saturated carbocycles. The monoisotopic (exact) mass is 267 g/mol. The van der Waals surface area contributed by atoms with Crippen molar-refractivity contribution in [3.05, 3.63) is 11.6 Å². The first-order valence-electron chi connectivity index (χ1n) is 4.03. The van der Waals surface area contributed by atoms with Gasteiger partial charge in [0.15, 0.2) is 0 Å². The highest BCUT2D eigenvalue weighted by molar-refractivity contribution is 5.83. The van der Waals surface area contributed by atoms with Crippen LogP contribution in [-0.2, 0) is 4.79 Å². The Morgan fingerprint density at radius 3 is 1.65 bits per heavy atom. The van der Waals surface area contributed by atoms with E-state index in [2.05, 4.69) is 0 Å². The summed E-state index contributed by atoms with van der Waals surface area (Å²) in [5.41, 5.74) is -6.39. The maximum absolute atomic E-state index is 12.9. The Balaban J connectivity index is 5.28. The molecule has 0 N–H and O–H groups in total.